The molecule has 0 aromatic heterocycles. The average Bonchev–Trinajstić information content (AvgIpc) is 2.30. The second-order valence-electron chi connectivity index (χ2n) is 4.41. The van der Waals surface area contributed by atoms with Crippen molar-refractivity contribution in [3.8, 4) is 0 Å². The Kier molecular flexibility index (Phi) is 5.65. The summed E-state index contributed by atoms with van der Waals surface area (Å²) in [5.74, 6) is -0.0181. The van der Waals surface area contributed by atoms with Gasteiger partial charge in [-0.15, -0.1) is 11.6 Å². The van der Waals surface area contributed by atoms with Gasteiger partial charge in [0.15, 0.2) is 0 Å². The van der Waals surface area contributed by atoms with Gasteiger partial charge in [-0.1, -0.05) is 13.8 Å². The monoisotopic (exact) mass is 268 g/mol. The van der Waals surface area contributed by atoms with Crippen LogP contribution in [0.5, 0.6) is 0 Å². The summed E-state index contributed by atoms with van der Waals surface area (Å²) in [6, 6.07) is 6.91. The van der Waals surface area contributed by atoms with E-state index in [4.69, 9.17) is 11.6 Å². The predicted molar refractivity (Wildman–Crippen MR) is 73.9 cm³/mol. The number of nitrogens with one attached hydrogen (secondary N) is 2. The van der Waals surface area contributed by atoms with E-state index in [2.05, 4.69) is 10.6 Å². The van der Waals surface area contributed by atoms with Gasteiger partial charge in [0.2, 0.25) is 11.8 Å². The van der Waals surface area contributed by atoms with Gasteiger partial charge in [-0.25, -0.2) is 0 Å². The van der Waals surface area contributed by atoms with E-state index in [9.17, 15) is 9.59 Å². The predicted octanol–water partition coefficient (Wildman–Crippen LogP) is 2.85. The fourth-order valence-electron chi connectivity index (χ4n) is 1.41. The lowest BCUT2D eigenvalue weighted by atomic mass is 10.1. The number of hydrogen-bond acceptors (Lipinski definition) is 2. The SMILES string of the molecule is CC(C)CC(=O)Nc1ccc(NC(=O)CCl)cc1. The van der Waals surface area contributed by atoms with Gasteiger partial charge in [-0.2, -0.15) is 0 Å². The first-order chi connectivity index (χ1) is 8.51. The fraction of sp³-hybridized carbons (Fsp3) is 0.385. The van der Waals surface area contributed by atoms with E-state index in [1.54, 1.807) is 24.3 Å². The summed E-state index contributed by atoms with van der Waals surface area (Å²) < 4.78 is 0. The molecule has 1 aromatic rings. The minimum absolute atomic E-state index is 0.0115. The molecule has 0 aliphatic carbocycles. The van der Waals surface area contributed by atoms with Crippen LogP contribution in [0.25, 0.3) is 0 Å². The molecular formula is C13H17ClN2O2. The molecule has 0 spiro atoms. The van der Waals surface area contributed by atoms with Crippen molar-refractivity contribution in [3.05, 3.63) is 24.3 Å². The van der Waals surface area contributed by atoms with E-state index < -0.39 is 0 Å². The molecule has 0 aliphatic rings. The summed E-state index contributed by atoms with van der Waals surface area (Å²) in [6.07, 6.45) is 0.491. The lowest BCUT2D eigenvalue weighted by molar-refractivity contribution is -0.117. The summed E-state index contributed by atoms with van der Waals surface area (Å²) >= 11 is 5.38. The van der Waals surface area contributed by atoms with Crippen molar-refractivity contribution in [2.75, 3.05) is 16.5 Å². The molecule has 0 saturated heterocycles. The molecule has 0 bridgehead atoms. The van der Waals surface area contributed by atoms with E-state index >= 15 is 0 Å². The van der Waals surface area contributed by atoms with E-state index in [-0.39, 0.29) is 17.7 Å². The molecule has 0 heterocycles. The van der Waals surface area contributed by atoms with E-state index in [1.807, 2.05) is 13.8 Å². The first-order valence-corrected chi connectivity index (χ1v) is 6.30. The van der Waals surface area contributed by atoms with Crippen LogP contribution in [0.4, 0.5) is 11.4 Å². The molecule has 98 valence electrons. The number of benzene rings is 1. The van der Waals surface area contributed by atoms with Crippen molar-refractivity contribution >= 4 is 34.8 Å². The van der Waals surface area contributed by atoms with Gasteiger partial charge in [0.05, 0.1) is 0 Å². The van der Waals surface area contributed by atoms with Gasteiger partial charge < -0.3 is 10.6 Å². The second-order valence-corrected chi connectivity index (χ2v) is 4.67. The van der Waals surface area contributed by atoms with E-state index in [0.717, 1.165) is 0 Å². The zero-order valence-electron chi connectivity index (χ0n) is 10.5. The van der Waals surface area contributed by atoms with Crippen molar-refractivity contribution < 1.29 is 9.59 Å². The van der Waals surface area contributed by atoms with Crippen molar-refractivity contribution in [2.24, 2.45) is 5.92 Å². The summed E-state index contributed by atoms with van der Waals surface area (Å²) in [7, 11) is 0. The number of amides is 2. The normalized spacial score (nSPS) is 10.2. The number of carbonyl (C=O) groups is 2. The molecule has 0 fully saturated rings. The molecule has 18 heavy (non-hydrogen) atoms. The number of hydrogen-bond donors (Lipinski definition) is 2. The van der Waals surface area contributed by atoms with Gasteiger partial charge >= 0.3 is 0 Å². The Bertz CT molecular complexity index is 416. The highest BCUT2D eigenvalue weighted by molar-refractivity contribution is 6.29. The molecule has 2 amide bonds. The lowest BCUT2D eigenvalue weighted by Gasteiger charge is -2.08. The third kappa shape index (κ3) is 5.19. The van der Waals surface area contributed by atoms with E-state index in [1.165, 1.54) is 0 Å². The summed E-state index contributed by atoms with van der Waals surface area (Å²) in [5, 5.41) is 5.41. The minimum Gasteiger partial charge on any atom is -0.326 e. The Balaban J connectivity index is 2.55. The van der Waals surface area contributed by atoms with Crippen LogP contribution in [0.1, 0.15) is 20.3 Å². The third-order valence-corrected chi connectivity index (χ3v) is 2.41. The molecule has 0 saturated carbocycles. The zero-order valence-corrected chi connectivity index (χ0v) is 11.3. The van der Waals surface area contributed by atoms with Crippen LogP contribution in [-0.2, 0) is 9.59 Å². The Morgan fingerprint density at radius 1 is 1.06 bits per heavy atom. The van der Waals surface area contributed by atoms with Crippen molar-refractivity contribution in [1.82, 2.24) is 0 Å². The molecule has 4 nitrogen and oxygen atoms in total. The topological polar surface area (TPSA) is 58.2 Å². The number of halogens is 1. The van der Waals surface area contributed by atoms with Crippen LogP contribution in [0.15, 0.2) is 24.3 Å². The van der Waals surface area contributed by atoms with Gasteiger partial charge in [0.25, 0.3) is 0 Å². The molecule has 5 heteroatoms. The largest absolute Gasteiger partial charge is 0.326 e. The second kappa shape index (κ2) is 7.01. The van der Waals surface area contributed by atoms with Gasteiger partial charge in [0, 0.05) is 17.8 Å². The smallest absolute Gasteiger partial charge is 0.239 e. The van der Waals surface area contributed by atoms with Crippen LogP contribution in [0, 0.1) is 5.92 Å². The first kappa shape index (κ1) is 14.5. The summed E-state index contributed by atoms with van der Waals surface area (Å²) in [6.45, 7) is 3.98. The maximum Gasteiger partial charge on any atom is 0.239 e. The number of alkyl halides is 1. The van der Waals surface area contributed by atoms with Crippen LogP contribution in [0.2, 0.25) is 0 Å². The molecule has 0 unspecified atom stereocenters. The van der Waals surface area contributed by atoms with Gasteiger partial charge in [0.1, 0.15) is 5.88 Å². The molecule has 0 radical (unpaired) electrons. The Morgan fingerprint density at radius 2 is 1.50 bits per heavy atom. The standard InChI is InChI=1S/C13H17ClN2O2/c1-9(2)7-12(17)15-10-3-5-11(6-4-10)16-13(18)8-14/h3-6,9H,7-8H2,1-2H3,(H,15,17)(H,16,18). The van der Waals surface area contributed by atoms with Gasteiger partial charge in [-0.3, -0.25) is 9.59 Å². The Morgan fingerprint density at radius 3 is 1.89 bits per heavy atom. The number of anilines is 2. The van der Waals surface area contributed by atoms with Crippen molar-refractivity contribution in [3.63, 3.8) is 0 Å². The first-order valence-electron chi connectivity index (χ1n) is 5.77. The highest BCUT2D eigenvalue weighted by atomic mass is 35.5. The average molecular weight is 269 g/mol. The molecular weight excluding hydrogens is 252 g/mol. The Hall–Kier alpha value is -1.55. The maximum atomic E-state index is 11.5. The maximum absolute atomic E-state index is 11.5. The quantitative estimate of drug-likeness (QED) is 0.807. The highest BCUT2D eigenvalue weighted by Crippen LogP contribution is 2.14. The number of carbonyl (C=O) groups excluding carboxylic acids is 2. The van der Waals surface area contributed by atoms with Crippen molar-refractivity contribution in [2.45, 2.75) is 20.3 Å². The van der Waals surface area contributed by atoms with Crippen molar-refractivity contribution in [1.29, 1.82) is 0 Å². The molecule has 1 aromatic carbocycles. The molecule has 2 N–H and O–H groups in total. The van der Waals surface area contributed by atoms with Crippen LogP contribution in [-0.4, -0.2) is 17.7 Å². The summed E-state index contributed by atoms with van der Waals surface area (Å²) in [4.78, 5) is 22.6. The van der Waals surface area contributed by atoms with Crippen LogP contribution in [0.3, 0.4) is 0 Å². The highest BCUT2D eigenvalue weighted by Gasteiger charge is 2.05. The van der Waals surface area contributed by atoms with E-state index in [0.29, 0.717) is 23.7 Å². The minimum atomic E-state index is -0.256. The number of rotatable bonds is 5. The zero-order chi connectivity index (χ0) is 13.5. The van der Waals surface area contributed by atoms with Gasteiger partial charge in [-0.05, 0) is 30.2 Å². The fourth-order valence-corrected chi connectivity index (χ4v) is 1.48. The Labute approximate surface area is 112 Å². The molecule has 0 atom stereocenters. The summed E-state index contributed by atoms with van der Waals surface area (Å²) in [5.41, 5.74) is 1.37. The third-order valence-electron chi connectivity index (χ3n) is 2.17. The lowest BCUT2D eigenvalue weighted by Crippen LogP contribution is -2.14. The molecule has 1 rings (SSSR count). The van der Waals surface area contributed by atoms with Crippen LogP contribution < -0.4 is 10.6 Å². The van der Waals surface area contributed by atoms with Crippen LogP contribution >= 0.6 is 11.6 Å². The molecule has 0 aliphatic heterocycles.